The number of hydrogen-bond donors (Lipinski definition) is 1. The van der Waals surface area contributed by atoms with E-state index in [9.17, 15) is 9.59 Å². The Hall–Kier alpha value is -3.32. The Morgan fingerprint density at radius 1 is 1.07 bits per heavy atom. The van der Waals surface area contributed by atoms with Gasteiger partial charge in [0.25, 0.3) is 11.5 Å². The molecule has 0 saturated carbocycles. The average molecular weight is 390 g/mol. The summed E-state index contributed by atoms with van der Waals surface area (Å²) in [5.41, 5.74) is 2.32. The van der Waals surface area contributed by atoms with E-state index in [0.717, 1.165) is 22.7 Å². The summed E-state index contributed by atoms with van der Waals surface area (Å²) in [6.45, 7) is 2.32. The maximum Gasteiger partial charge on any atom is 0.281 e. The summed E-state index contributed by atoms with van der Waals surface area (Å²) in [7, 11) is 0. The smallest absolute Gasteiger partial charge is 0.281 e. The molecule has 1 amide bonds. The third-order valence-corrected chi connectivity index (χ3v) is 5.34. The van der Waals surface area contributed by atoms with Crippen LogP contribution in [0.2, 0.25) is 0 Å². The van der Waals surface area contributed by atoms with E-state index < -0.39 is 0 Å². The normalized spacial score (nSPS) is 12.0. The van der Waals surface area contributed by atoms with Crippen LogP contribution in [0.1, 0.15) is 33.8 Å². The lowest BCUT2D eigenvalue weighted by atomic mass is 10.1. The molecule has 1 atom stereocenters. The van der Waals surface area contributed by atoms with Crippen molar-refractivity contribution in [2.75, 3.05) is 0 Å². The summed E-state index contributed by atoms with van der Waals surface area (Å²) >= 11 is 0.999. The number of hydrogen-bond acceptors (Lipinski definition) is 5. The zero-order chi connectivity index (χ0) is 19.5. The van der Waals surface area contributed by atoms with Crippen molar-refractivity contribution in [3.8, 4) is 0 Å². The molecule has 0 saturated heterocycles. The van der Waals surface area contributed by atoms with E-state index in [1.807, 2.05) is 67.6 Å². The first-order chi connectivity index (χ1) is 13.6. The number of nitrogens with zero attached hydrogens (tertiary/aromatic N) is 3. The molecule has 0 aliphatic heterocycles. The van der Waals surface area contributed by atoms with E-state index in [0.29, 0.717) is 16.9 Å². The van der Waals surface area contributed by atoms with Crippen molar-refractivity contribution >= 4 is 28.5 Å². The molecule has 1 N–H and O–H groups in total. The Morgan fingerprint density at radius 3 is 2.46 bits per heavy atom. The third kappa shape index (κ3) is 3.57. The predicted octanol–water partition coefficient (Wildman–Crippen LogP) is 3.39. The fourth-order valence-electron chi connectivity index (χ4n) is 2.99. The minimum atomic E-state index is -0.281. The Labute approximate surface area is 165 Å². The van der Waals surface area contributed by atoms with Gasteiger partial charge in [-0.1, -0.05) is 60.7 Å². The SMILES string of the molecule is CC(NC(=O)c1snc2c(=O)n(Cc3ccccc3)cnc12)c1ccccc1. The molecule has 2 aromatic heterocycles. The van der Waals surface area contributed by atoms with Crippen LogP contribution >= 0.6 is 11.5 Å². The van der Waals surface area contributed by atoms with Gasteiger partial charge in [-0.15, -0.1) is 0 Å². The van der Waals surface area contributed by atoms with Crippen LogP contribution in [0.4, 0.5) is 0 Å². The highest BCUT2D eigenvalue weighted by Gasteiger charge is 2.20. The number of amides is 1. The van der Waals surface area contributed by atoms with Gasteiger partial charge < -0.3 is 5.32 Å². The molecule has 0 spiro atoms. The van der Waals surface area contributed by atoms with Gasteiger partial charge in [-0.05, 0) is 29.6 Å². The van der Waals surface area contributed by atoms with Crippen LogP contribution in [0, 0.1) is 0 Å². The lowest BCUT2D eigenvalue weighted by molar-refractivity contribution is 0.0945. The van der Waals surface area contributed by atoms with Crippen molar-refractivity contribution in [1.29, 1.82) is 0 Å². The van der Waals surface area contributed by atoms with Crippen LogP contribution < -0.4 is 10.9 Å². The second-order valence-electron chi connectivity index (χ2n) is 6.48. The first kappa shape index (κ1) is 18.1. The van der Waals surface area contributed by atoms with Gasteiger partial charge in [0.05, 0.1) is 18.9 Å². The number of nitrogens with one attached hydrogen (secondary N) is 1. The van der Waals surface area contributed by atoms with Crippen molar-refractivity contribution in [3.05, 3.63) is 93.3 Å². The van der Waals surface area contributed by atoms with E-state index in [1.165, 1.54) is 10.9 Å². The Morgan fingerprint density at radius 2 is 1.75 bits per heavy atom. The van der Waals surface area contributed by atoms with Gasteiger partial charge in [-0.3, -0.25) is 14.2 Å². The molecule has 140 valence electrons. The first-order valence-corrected chi connectivity index (χ1v) is 9.65. The van der Waals surface area contributed by atoms with Gasteiger partial charge in [-0.25, -0.2) is 4.98 Å². The van der Waals surface area contributed by atoms with Gasteiger partial charge in [0, 0.05) is 0 Å². The molecule has 7 heteroatoms. The second kappa shape index (κ2) is 7.74. The molecular formula is C21H18N4O2S. The molecule has 0 aliphatic carbocycles. The summed E-state index contributed by atoms with van der Waals surface area (Å²) in [5, 5.41) is 2.95. The average Bonchev–Trinajstić information content (AvgIpc) is 3.16. The Balaban J connectivity index is 1.60. The monoisotopic (exact) mass is 390 g/mol. The molecule has 0 radical (unpaired) electrons. The van der Waals surface area contributed by atoms with E-state index in [1.54, 1.807) is 0 Å². The molecule has 4 rings (SSSR count). The zero-order valence-electron chi connectivity index (χ0n) is 15.2. The van der Waals surface area contributed by atoms with Crippen LogP contribution in [0.15, 0.2) is 71.8 Å². The van der Waals surface area contributed by atoms with Gasteiger partial charge in [0.1, 0.15) is 10.4 Å². The molecule has 0 bridgehead atoms. The summed E-state index contributed by atoms with van der Waals surface area (Å²) in [6.07, 6.45) is 1.48. The summed E-state index contributed by atoms with van der Waals surface area (Å²) in [5.74, 6) is -0.281. The van der Waals surface area contributed by atoms with Gasteiger partial charge in [-0.2, -0.15) is 4.37 Å². The first-order valence-electron chi connectivity index (χ1n) is 8.88. The lowest BCUT2D eigenvalue weighted by Gasteiger charge is -2.13. The van der Waals surface area contributed by atoms with Gasteiger partial charge >= 0.3 is 0 Å². The highest BCUT2D eigenvalue weighted by Crippen LogP contribution is 2.19. The molecule has 0 aliphatic rings. The standard InChI is InChI=1S/C21H18N4O2S/c1-14(16-10-6-3-7-11-16)23-20(26)19-17-18(24-28-19)21(27)25(13-22-17)12-15-8-4-2-5-9-15/h2-11,13-14H,12H2,1H3,(H,23,26). The fraction of sp³-hybridized carbons (Fsp3) is 0.143. The van der Waals surface area contributed by atoms with E-state index in [2.05, 4.69) is 14.7 Å². The molecular weight excluding hydrogens is 372 g/mol. The maximum absolute atomic E-state index is 12.7. The van der Waals surface area contributed by atoms with Crippen molar-refractivity contribution in [2.24, 2.45) is 0 Å². The number of carbonyl (C=O) groups excluding carboxylic acids is 1. The molecule has 4 aromatic rings. The summed E-state index contributed by atoms with van der Waals surface area (Å²) in [4.78, 5) is 30.1. The summed E-state index contributed by atoms with van der Waals surface area (Å²) in [6, 6.07) is 19.2. The predicted molar refractivity (Wildman–Crippen MR) is 110 cm³/mol. The lowest BCUT2D eigenvalue weighted by Crippen LogP contribution is -2.26. The van der Waals surface area contributed by atoms with Gasteiger partial charge in [0.2, 0.25) is 0 Å². The molecule has 2 aromatic carbocycles. The molecule has 2 heterocycles. The Bertz CT molecular complexity index is 1170. The highest BCUT2D eigenvalue weighted by molar-refractivity contribution is 7.09. The van der Waals surface area contributed by atoms with Crippen molar-refractivity contribution in [2.45, 2.75) is 19.5 Å². The number of aromatic nitrogens is 3. The van der Waals surface area contributed by atoms with Crippen molar-refractivity contribution < 1.29 is 4.79 Å². The van der Waals surface area contributed by atoms with Crippen molar-refractivity contribution in [1.82, 2.24) is 19.2 Å². The highest BCUT2D eigenvalue weighted by atomic mass is 32.1. The number of benzene rings is 2. The van der Waals surface area contributed by atoms with Crippen LogP contribution in [-0.4, -0.2) is 19.8 Å². The maximum atomic E-state index is 12.7. The number of carbonyl (C=O) groups is 1. The Kier molecular flexibility index (Phi) is 4.99. The molecule has 1 unspecified atom stereocenters. The van der Waals surface area contributed by atoms with Crippen molar-refractivity contribution in [3.63, 3.8) is 0 Å². The minimum absolute atomic E-state index is 0.163. The molecule has 6 nitrogen and oxygen atoms in total. The molecule has 0 fully saturated rings. The van der Waals surface area contributed by atoms with E-state index >= 15 is 0 Å². The number of fused-ring (bicyclic) bond motifs is 1. The third-order valence-electron chi connectivity index (χ3n) is 4.51. The largest absolute Gasteiger partial charge is 0.345 e. The molecule has 28 heavy (non-hydrogen) atoms. The second-order valence-corrected chi connectivity index (χ2v) is 7.25. The minimum Gasteiger partial charge on any atom is -0.345 e. The quantitative estimate of drug-likeness (QED) is 0.567. The fourth-order valence-corrected chi connectivity index (χ4v) is 3.72. The van der Waals surface area contributed by atoms with Gasteiger partial charge in [0.15, 0.2) is 5.52 Å². The topological polar surface area (TPSA) is 76.9 Å². The van der Waals surface area contributed by atoms with E-state index in [4.69, 9.17) is 0 Å². The van der Waals surface area contributed by atoms with Crippen LogP contribution in [0.3, 0.4) is 0 Å². The van der Waals surface area contributed by atoms with Crippen LogP contribution in [0.5, 0.6) is 0 Å². The van der Waals surface area contributed by atoms with E-state index in [-0.39, 0.29) is 23.0 Å². The summed E-state index contributed by atoms with van der Waals surface area (Å²) < 4.78 is 5.71. The number of rotatable bonds is 5. The van der Waals surface area contributed by atoms with Crippen LogP contribution in [-0.2, 0) is 6.54 Å². The van der Waals surface area contributed by atoms with Crippen LogP contribution in [0.25, 0.3) is 11.0 Å². The zero-order valence-corrected chi connectivity index (χ0v) is 16.0.